The summed E-state index contributed by atoms with van der Waals surface area (Å²) in [5.74, 6) is 2.51. The number of nitrogens with zero attached hydrogens (tertiary/aromatic N) is 4. The summed E-state index contributed by atoms with van der Waals surface area (Å²) in [5.41, 5.74) is -0.501. The first-order chi connectivity index (χ1) is 11.0. The van der Waals surface area contributed by atoms with Gasteiger partial charge in [0.2, 0.25) is 0 Å². The van der Waals surface area contributed by atoms with E-state index in [2.05, 4.69) is 33.5 Å². The van der Waals surface area contributed by atoms with Crippen LogP contribution in [0.4, 0.5) is 0 Å². The number of hydrogen-bond donors (Lipinski definition) is 1. The number of aromatic nitrogens is 3. The lowest BCUT2D eigenvalue weighted by Crippen LogP contribution is -2.48. The standard InChI is InChI=1S/C18H32N4O/c1-4-11-22-14(2)19-20-17(22)13-21-12-7-9-16(21)15-8-5-6-10-18(15,3)23/h15-16,23H,4-13H2,1-3H3. The number of aliphatic hydroxyl groups is 1. The SMILES string of the molecule is CCCn1c(C)nnc1CN1CCCC1C1CCCCC1(C)O. The van der Waals surface area contributed by atoms with E-state index in [1.807, 2.05) is 6.92 Å². The van der Waals surface area contributed by atoms with Crippen LogP contribution in [0.3, 0.4) is 0 Å². The summed E-state index contributed by atoms with van der Waals surface area (Å²) >= 11 is 0. The average Bonchev–Trinajstić information content (AvgIpc) is 3.09. The first-order valence-electron chi connectivity index (χ1n) is 9.38. The Kier molecular flexibility index (Phi) is 5.07. The van der Waals surface area contributed by atoms with E-state index in [-0.39, 0.29) is 0 Å². The molecule has 1 aliphatic heterocycles. The molecule has 130 valence electrons. The zero-order valence-corrected chi connectivity index (χ0v) is 15.0. The fourth-order valence-electron chi connectivity index (χ4n) is 4.69. The van der Waals surface area contributed by atoms with Crippen molar-refractivity contribution in [2.45, 2.75) is 90.4 Å². The van der Waals surface area contributed by atoms with Crippen molar-refractivity contribution in [3.8, 4) is 0 Å². The van der Waals surface area contributed by atoms with Crippen molar-refractivity contribution in [1.82, 2.24) is 19.7 Å². The van der Waals surface area contributed by atoms with E-state index in [4.69, 9.17) is 0 Å². The number of rotatable bonds is 5. The van der Waals surface area contributed by atoms with E-state index in [0.29, 0.717) is 12.0 Å². The van der Waals surface area contributed by atoms with Crippen LogP contribution in [0.15, 0.2) is 0 Å². The topological polar surface area (TPSA) is 54.2 Å². The average molecular weight is 320 g/mol. The minimum absolute atomic E-state index is 0.405. The molecule has 1 saturated heterocycles. The van der Waals surface area contributed by atoms with E-state index < -0.39 is 5.60 Å². The molecule has 0 amide bonds. The maximum atomic E-state index is 10.9. The van der Waals surface area contributed by atoms with Crippen LogP contribution in [0, 0.1) is 12.8 Å². The van der Waals surface area contributed by atoms with Gasteiger partial charge in [-0.3, -0.25) is 4.90 Å². The minimum Gasteiger partial charge on any atom is -0.390 e. The summed E-state index contributed by atoms with van der Waals surface area (Å²) in [6.45, 7) is 9.28. The summed E-state index contributed by atoms with van der Waals surface area (Å²) < 4.78 is 2.26. The van der Waals surface area contributed by atoms with Gasteiger partial charge in [-0.2, -0.15) is 0 Å². The molecule has 5 heteroatoms. The van der Waals surface area contributed by atoms with Crippen LogP contribution in [0.5, 0.6) is 0 Å². The maximum Gasteiger partial charge on any atom is 0.147 e. The number of aryl methyl sites for hydroxylation is 1. The van der Waals surface area contributed by atoms with Crippen molar-refractivity contribution in [3.05, 3.63) is 11.6 Å². The van der Waals surface area contributed by atoms with Crippen LogP contribution in [-0.4, -0.2) is 43.0 Å². The molecule has 0 bridgehead atoms. The van der Waals surface area contributed by atoms with Crippen molar-refractivity contribution in [2.75, 3.05) is 6.54 Å². The summed E-state index contributed by atoms with van der Waals surface area (Å²) in [7, 11) is 0. The third kappa shape index (κ3) is 3.45. The molecule has 2 fully saturated rings. The van der Waals surface area contributed by atoms with Gasteiger partial charge in [-0.05, 0) is 52.5 Å². The van der Waals surface area contributed by atoms with Gasteiger partial charge in [-0.15, -0.1) is 10.2 Å². The third-order valence-corrected chi connectivity index (χ3v) is 5.93. The monoisotopic (exact) mass is 320 g/mol. The molecule has 3 unspecified atom stereocenters. The Labute approximate surface area is 140 Å². The zero-order chi connectivity index (χ0) is 16.4. The highest BCUT2D eigenvalue weighted by atomic mass is 16.3. The lowest BCUT2D eigenvalue weighted by atomic mass is 9.72. The van der Waals surface area contributed by atoms with E-state index in [0.717, 1.165) is 50.5 Å². The van der Waals surface area contributed by atoms with E-state index >= 15 is 0 Å². The fourth-order valence-corrected chi connectivity index (χ4v) is 4.69. The van der Waals surface area contributed by atoms with Crippen molar-refractivity contribution in [3.63, 3.8) is 0 Å². The molecule has 23 heavy (non-hydrogen) atoms. The molecule has 5 nitrogen and oxygen atoms in total. The highest BCUT2D eigenvalue weighted by Gasteiger charge is 2.43. The Bertz CT molecular complexity index is 525. The molecule has 1 aromatic heterocycles. The fraction of sp³-hybridized carbons (Fsp3) is 0.889. The largest absolute Gasteiger partial charge is 0.390 e. The molecule has 0 spiro atoms. The third-order valence-electron chi connectivity index (χ3n) is 5.93. The lowest BCUT2D eigenvalue weighted by molar-refractivity contribution is -0.0632. The lowest BCUT2D eigenvalue weighted by Gasteiger charge is -2.43. The van der Waals surface area contributed by atoms with Crippen molar-refractivity contribution >= 4 is 0 Å². The molecule has 1 aliphatic carbocycles. The summed E-state index contributed by atoms with van der Waals surface area (Å²) in [4.78, 5) is 2.56. The van der Waals surface area contributed by atoms with Gasteiger partial charge in [0.25, 0.3) is 0 Å². The first kappa shape index (κ1) is 16.9. The normalized spacial score (nSPS) is 32.5. The molecular weight excluding hydrogens is 288 g/mol. The van der Waals surface area contributed by atoms with Gasteiger partial charge in [0.15, 0.2) is 0 Å². The molecule has 1 N–H and O–H groups in total. The van der Waals surface area contributed by atoms with Gasteiger partial charge >= 0.3 is 0 Å². The van der Waals surface area contributed by atoms with Crippen LogP contribution in [0.1, 0.15) is 70.4 Å². The van der Waals surface area contributed by atoms with Crippen LogP contribution < -0.4 is 0 Å². The molecule has 2 heterocycles. The Hall–Kier alpha value is -0.940. The molecule has 0 radical (unpaired) electrons. The van der Waals surface area contributed by atoms with Gasteiger partial charge in [0.1, 0.15) is 11.6 Å². The molecular formula is C18H32N4O. The van der Waals surface area contributed by atoms with Gasteiger partial charge in [0.05, 0.1) is 12.1 Å². The second kappa shape index (κ2) is 6.89. The highest BCUT2D eigenvalue weighted by molar-refractivity contribution is 5.00. The summed E-state index contributed by atoms with van der Waals surface area (Å²) in [6.07, 6.45) is 8.09. The van der Waals surface area contributed by atoms with Crippen molar-refractivity contribution in [1.29, 1.82) is 0 Å². The molecule has 2 aliphatic rings. The smallest absolute Gasteiger partial charge is 0.147 e. The van der Waals surface area contributed by atoms with Gasteiger partial charge < -0.3 is 9.67 Å². The van der Waals surface area contributed by atoms with Crippen LogP contribution in [0.2, 0.25) is 0 Å². The summed E-state index contributed by atoms with van der Waals surface area (Å²) in [6, 6.07) is 0.498. The predicted octanol–water partition coefficient (Wildman–Crippen LogP) is 2.90. The zero-order valence-electron chi connectivity index (χ0n) is 15.0. The van der Waals surface area contributed by atoms with Crippen molar-refractivity contribution < 1.29 is 5.11 Å². The Morgan fingerprint density at radius 1 is 1.22 bits per heavy atom. The second-order valence-electron chi connectivity index (χ2n) is 7.70. The number of likely N-dealkylation sites (tertiary alicyclic amines) is 1. The first-order valence-corrected chi connectivity index (χ1v) is 9.38. The predicted molar refractivity (Wildman–Crippen MR) is 91.1 cm³/mol. The molecule has 3 atom stereocenters. The van der Waals surface area contributed by atoms with Crippen LogP contribution in [0.25, 0.3) is 0 Å². The Morgan fingerprint density at radius 3 is 2.78 bits per heavy atom. The van der Waals surface area contributed by atoms with Gasteiger partial charge in [0, 0.05) is 18.5 Å². The number of hydrogen-bond acceptors (Lipinski definition) is 4. The van der Waals surface area contributed by atoms with E-state index in [9.17, 15) is 5.11 Å². The minimum atomic E-state index is -0.501. The van der Waals surface area contributed by atoms with Crippen LogP contribution in [-0.2, 0) is 13.1 Å². The van der Waals surface area contributed by atoms with Crippen LogP contribution >= 0.6 is 0 Å². The maximum absolute atomic E-state index is 10.9. The second-order valence-corrected chi connectivity index (χ2v) is 7.70. The molecule has 3 rings (SSSR count). The van der Waals surface area contributed by atoms with Gasteiger partial charge in [-0.25, -0.2) is 0 Å². The van der Waals surface area contributed by atoms with Crippen molar-refractivity contribution in [2.24, 2.45) is 5.92 Å². The Balaban J connectivity index is 1.74. The Morgan fingerprint density at radius 2 is 2.04 bits per heavy atom. The molecule has 1 saturated carbocycles. The quantitative estimate of drug-likeness (QED) is 0.906. The molecule has 1 aromatic rings. The molecule has 0 aromatic carbocycles. The van der Waals surface area contributed by atoms with E-state index in [1.165, 1.54) is 25.7 Å². The van der Waals surface area contributed by atoms with Gasteiger partial charge in [-0.1, -0.05) is 19.8 Å². The highest BCUT2D eigenvalue weighted by Crippen LogP contribution is 2.41. The van der Waals surface area contributed by atoms with E-state index in [1.54, 1.807) is 0 Å². The summed E-state index contributed by atoms with van der Waals surface area (Å²) in [5, 5.41) is 19.6.